The SMILES string of the molecule is CC(=O)ON(C(=N)N=C(N)N)c1ccccc1. The minimum atomic E-state index is -0.579. The van der Waals surface area contributed by atoms with Crippen molar-refractivity contribution in [3.05, 3.63) is 30.3 Å². The van der Waals surface area contributed by atoms with Crippen LogP contribution in [0.15, 0.2) is 35.3 Å². The number of hydrogen-bond acceptors (Lipinski definition) is 3. The van der Waals surface area contributed by atoms with Gasteiger partial charge in [0.2, 0.25) is 0 Å². The van der Waals surface area contributed by atoms with E-state index in [1.807, 2.05) is 0 Å². The molecule has 0 aliphatic heterocycles. The zero-order valence-electron chi connectivity index (χ0n) is 9.25. The van der Waals surface area contributed by atoms with Crippen LogP contribution >= 0.6 is 0 Å². The second kappa shape index (κ2) is 5.50. The van der Waals surface area contributed by atoms with E-state index in [1.54, 1.807) is 30.3 Å². The Labute approximate surface area is 98.1 Å². The highest BCUT2D eigenvalue weighted by atomic mass is 16.7. The van der Waals surface area contributed by atoms with Crippen LogP contribution in [0.2, 0.25) is 0 Å². The van der Waals surface area contributed by atoms with Gasteiger partial charge in [0, 0.05) is 6.92 Å². The smallest absolute Gasteiger partial charge is 0.330 e. The molecule has 0 aromatic heterocycles. The molecule has 0 aliphatic carbocycles. The molecule has 0 fully saturated rings. The minimum Gasteiger partial charge on any atom is -0.370 e. The summed E-state index contributed by atoms with van der Waals surface area (Å²) >= 11 is 0. The van der Waals surface area contributed by atoms with E-state index in [0.717, 1.165) is 5.06 Å². The summed E-state index contributed by atoms with van der Waals surface area (Å²) in [5, 5.41) is 8.54. The fraction of sp³-hybridized carbons (Fsp3) is 0.100. The normalized spacial score (nSPS) is 9.24. The predicted octanol–water partition coefficient (Wildman–Crippen LogP) is 0.179. The summed E-state index contributed by atoms with van der Waals surface area (Å²) in [6.45, 7) is 1.22. The van der Waals surface area contributed by atoms with Crippen molar-refractivity contribution in [2.45, 2.75) is 6.92 Å². The van der Waals surface area contributed by atoms with E-state index in [-0.39, 0.29) is 11.9 Å². The first-order valence-electron chi connectivity index (χ1n) is 4.72. The topological polar surface area (TPSA) is 118 Å². The van der Waals surface area contributed by atoms with E-state index in [0.29, 0.717) is 5.69 Å². The molecule has 0 saturated carbocycles. The quantitative estimate of drug-likeness (QED) is 0.364. The van der Waals surface area contributed by atoms with Gasteiger partial charge in [-0.05, 0) is 12.1 Å². The highest BCUT2D eigenvalue weighted by molar-refractivity contribution is 6.00. The van der Waals surface area contributed by atoms with Crippen molar-refractivity contribution in [2.24, 2.45) is 16.5 Å². The van der Waals surface area contributed by atoms with Gasteiger partial charge < -0.3 is 16.3 Å². The van der Waals surface area contributed by atoms with Crippen LogP contribution in [0.4, 0.5) is 5.69 Å². The molecule has 17 heavy (non-hydrogen) atoms. The highest BCUT2D eigenvalue weighted by Gasteiger charge is 2.15. The molecule has 0 aliphatic rings. The van der Waals surface area contributed by atoms with Crippen molar-refractivity contribution >= 4 is 23.6 Å². The van der Waals surface area contributed by atoms with Gasteiger partial charge in [-0.2, -0.15) is 4.99 Å². The summed E-state index contributed by atoms with van der Waals surface area (Å²) in [5.74, 6) is -1.25. The van der Waals surface area contributed by atoms with Crippen molar-refractivity contribution in [2.75, 3.05) is 5.06 Å². The number of nitrogens with one attached hydrogen (secondary N) is 1. The Hall–Kier alpha value is -2.57. The van der Waals surface area contributed by atoms with Crippen molar-refractivity contribution in [1.82, 2.24) is 0 Å². The van der Waals surface area contributed by atoms with Crippen LogP contribution in [0.5, 0.6) is 0 Å². The lowest BCUT2D eigenvalue weighted by Gasteiger charge is -2.19. The Kier molecular flexibility index (Phi) is 4.04. The van der Waals surface area contributed by atoms with Gasteiger partial charge in [0.25, 0.3) is 5.96 Å². The maximum atomic E-state index is 10.9. The lowest BCUT2D eigenvalue weighted by atomic mass is 10.3. The summed E-state index contributed by atoms with van der Waals surface area (Å²) in [5.41, 5.74) is 10.8. The Morgan fingerprint density at radius 2 is 1.94 bits per heavy atom. The van der Waals surface area contributed by atoms with Crippen molar-refractivity contribution in [3.63, 3.8) is 0 Å². The van der Waals surface area contributed by atoms with E-state index >= 15 is 0 Å². The van der Waals surface area contributed by atoms with E-state index < -0.39 is 5.97 Å². The third kappa shape index (κ3) is 3.82. The van der Waals surface area contributed by atoms with Crippen LogP contribution in [-0.4, -0.2) is 17.9 Å². The zero-order valence-corrected chi connectivity index (χ0v) is 9.25. The number of hydroxylamine groups is 1. The average molecular weight is 235 g/mol. The molecule has 0 radical (unpaired) electrons. The molecule has 0 saturated heterocycles. The third-order valence-corrected chi connectivity index (χ3v) is 1.64. The molecule has 0 atom stereocenters. The van der Waals surface area contributed by atoms with Crippen LogP contribution in [0.25, 0.3) is 0 Å². The lowest BCUT2D eigenvalue weighted by molar-refractivity contribution is -0.140. The molecule has 1 aromatic rings. The number of para-hydroxylation sites is 1. The Morgan fingerprint density at radius 3 is 2.41 bits per heavy atom. The fourth-order valence-electron chi connectivity index (χ4n) is 1.08. The largest absolute Gasteiger partial charge is 0.370 e. The van der Waals surface area contributed by atoms with E-state index in [1.165, 1.54) is 6.92 Å². The first kappa shape index (κ1) is 12.5. The maximum Gasteiger partial charge on any atom is 0.330 e. The summed E-state index contributed by atoms with van der Waals surface area (Å²) in [6, 6.07) is 8.56. The first-order chi connectivity index (χ1) is 8.00. The summed E-state index contributed by atoms with van der Waals surface area (Å²) < 4.78 is 0. The molecule has 0 amide bonds. The molecule has 1 rings (SSSR count). The standard InChI is InChI=1S/C10H13N5O2/c1-7(16)17-15(10(13)14-9(11)12)8-5-3-2-4-6-8/h2-6H,1H3,(H5,11,12,13,14). The summed E-state index contributed by atoms with van der Waals surface area (Å²) in [4.78, 5) is 19.3. The molecular weight excluding hydrogens is 222 g/mol. The number of guanidine groups is 2. The third-order valence-electron chi connectivity index (χ3n) is 1.64. The predicted molar refractivity (Wildman–Crippen MR) is 64.2 cm³/mol. The number of nitrogens with two attached hydrogens (primary N) is 2. The molecule has 0 unspecified atom stereocenters. The van der Waals surface area contributed by atoms with Crippen LogP contribution in [0.3, 0.4) is 0 Å². The van der Waals surface area contributed by atoms with Gasteiger partial charge in [-0.1, -0.05) is 18.2 Å². The second-order valence-electron chi connectivity index (χ2n) is 3.07. The molecule has 7 heteroatoms. The van der Waals surface area contributed by atoms with E-state index in [9.17, 15) is 4.79 Å². The minimum absolute atomic E-state index is 0.289. The summed E-state index contributed by atoms with van der Waals surface area (Å²) in [7, 11) is 0. The Balaban J connectivity index is 3.00. The maximum absolute atomic E-state index is 10.9. The summed E-state index contributed by atoms with van der Waals surface area (Å²) in [6.07, 6.45) is 0. The molecule has 7 nitrogen and oxygen atoms in total. The van der Waals surface area contributed by atoms with Gasteiger partial charge in [-0.3, -0.25) is 5.41 Å². The Morgan fingerprint density at radius 1 is 1.35 bits per heavy atom. The molecule has 5 N–H and O–H groups in total. The van der Waals surface area contributed by atoms with E-state index in [2.05, 4.69) is 4.99 Å². The van der Waals surface area contributed by atoms with E-state index in [4.69, 9.17) is 21.7 Å². The number of carbonyl (C=O) groups excluding carboxylic acids is 1. The number of nitrogens with zero attached hydrogens (tertiary/aromatic N) is 2. The van der Waals surface area contributed by atoms with Gasteiger partial charge in [0.15, 0.2) is 5.96 Å². The van der Waals surface area contributed by atoms with Crippen molar-refractivity contribution in [1.29, 1.82) is 5.41 Å². The molecule has 90 valence electrons. The van der Waals surface area contributed by atoms with Crippen molar-refractivity contribution < 1.29 is 9.63 Å². The van der Waals surface area contributed by atoms with Crippen LogP contribution in [-0.2, 0) is 9.63 Å². The number of hydrogen-bond donors (Lipinski definition) is 3. The number of aliphatic imine (C=N–C) groups is 1. The monoisotopic (exact) mass is 235 g/mol. The van der Waals surface area contributed by atoms with Crippen LogP contribution in [0, 0.1) is 5.41 Å². The molecule has 0 spiro atoms. The Bertz CT molecular complexity index is 439. The van der Waals surface area contributed by atoms with Crippen LogP contribution < -0.4 is 16.5 Å². The molecule has 0 bridgehead atoms. The molecule has 1 aromatic carbocycles. The average Bonchev–Trinajstić information content (AvgIpc) is 2.25. The molecule has 0 heterocycles. The second-order valence-corrected chi connectivity index (χ2v) is 3.07. The van der Waals surface area contributed by atoms with Gasteiger partial charge in [-0.15, -0.1) is 5.06 Å². The number of benzene rings is 1. The number of rotatable bonds is 1. The van der Waals surface area contributed by atoms with Crippen LogP contribution in [0.1, 0.15) is 6.92 Å². The highest BCUT2D eigenvalue weighted by Crippen LogP contribution is 2.14. The molecular formula is C10H13N5O2. The lowest BCUT2D eigenvalue weighted by Crippen LogP contribution is -2.34. The number of anilines is 1. The van der Waals surface area contributed by atoms with Gasteiger partial charge in [0.1, 0.15) is 0 Å². The number of carbonyl (C=O) groups is 1. The van der Waals surface area contributed by atoms with Gasteiger partial charge in [0.05, 0.1) is 5.69 Å². The van der Waals surface area contributed by atoms with Crippen molar-refractivity contribution in [3.8, 4) is 0 Å². The van der Waals surface area contributed by atoms with Gasteiger partial charge >= 0.3 is 5.97 Å². The van der Waals surface area contributed by atoms with Gasteiger partial charge in [-0.25, -0.2) is 4.79 Å². The first-order valence-corrected chi connectivity index (χ1v) is 4.72. The zero-order chi connectivity index (χ0) is 12.8. The fourth-order valence-corrected chi connectivity index (χ4v) is 1.08.